The van der Waals surface area contributed by atoms with Crippen molar-refractivity contribution >= 4 is 45.9 Å². The predicted molar refractivity (Wildman–Crippen MR) is 70.0 cm³/mol. The lowest BCUT2D eigenvalue weighted by Gasteiger charge is -2.12. The van der Waals surface area contributed by atoms with Gasteiger partial charge in [0.1, 0.15) is 0 Å². The number of benzene rings is 1. The van der Waals surface area contributed by atoms with Crippen molar-refractivity contribution in [2.24, 2.45) is 5.73 Å². The molecule has 1 atom stereocenters. The van der Waals surface area contributed by atoms with Crippen molar-refractivity contribution in [2.75, 3.05) is 7.11 Å². The Morgan fingerprint density at radius 2 is 2.25 bits per heavy atom. The molecule has 0 saturated carbocycles. The van der Waals surface area contributed by atoms with E-state index in [-0.39, 0.29) is 24.8 Å². The first-order valence-electron chi connectivity index (χ1n) is 4.32. The number of hydrogen-bond acceptors (Lipinski definition) is 3. The van der Waals surface area contributed by atoms with Gasteiger partial charge in [0.25, 0.3) is 0 Å². The van der Waals surface area contributed by atoms with Crippen LogP contribution in [0.5, 0.6) is 0 Å². The Labute approximate surface area is 114 Å². The molecule has 1 rings (SSSR count). The molecule has 1 aromatic carbocycles. The number of halogens is 3. The third-order valence-corrected chi connectivity index (χ3v) is 2.81. The Hall–Kier alpha value is -0.290. The van der Waals surface area contributed by atoms with E-state index in [1.165, 1.54) is 7.11 Å². The molecular weight excluding hydrogens is 317 g/mol. The molecule has 0 aliphatic heterocycles. The molecule has 0 radical (unpaired) electrons. The van der Waals surface area contributed by atoms with Gasteiger partial charge in [-0.3, -0.25) is 4.79 Å². The second-order valence-electron chi connectivity index (χ2n) is 3.05. The van der Waals surface area contributed by atoms with Gasteiger partial charge in [-0.1, -0.05) is 27.5 Å². The van der Waals surface area contributed by atoms with Gasteiger partial charge in [0.15, 0.2) is 0 Å². The summed E-state index contributed by atoms with van der Waals surface area (Å²) in [7, 11) is 1.33. The summed E-state index contributed by atoms with van der Waals surface area (Å²) in [5, 5.41) is 0.551. The lowest BCUT2D eigenvalue weighted by molar-refractivity contribution is -0.141. The van der Waals surface area contributed by atoms with Gasteiger partial charge in [-0.2, -0.15) is 0 Å². The van der Waals surface area contributed by atoms with Crippen molar-refractivity contribution in [3.63, 3.8) is 0 Å². The molecule has 0 aliphatic rings. The van der Waals surface area contributed by atoms with E-state index in [9.17, 15) is 4.79 Å². The minimum Gasteiger partial charge on any atom is -0.469 e. The highest BCUT2D eigenvalue weighted by molar-refractivity contribution is 9.10. The Bertz CT molecular complexity index is 374. The summed E-state index contributed by atoms with van der Waals surface area (Å²) in [6, 6.07) is 4.91. The van der Waals surface area contributed by atoms with Crippen LogP contribution >= 0.6 is 39.9 Å². The van der Waals surface area contributed by atoms with Crippen molar-refractivity contribution in [1.29, 1.82) is 0 Å². The van der Waals surface area contributed by atoms with Crippen molar-refractivity contribution < 1.29 is 9.53 Å². The maximum Gasteiger partial charge on any atom is 0.307 e. The third-order valence-electron chi connectivity index (χ3n) is 1.97. The van der Waals surface area contributed by atoms with E-state index >= 15 is 0 Å². The average Bonchev–Trinajstić information content (AvgIpc) is 2.21. The molecule has 0 fully saturated rings. The number of nitrogens with two attached hydrogens (primary N) is 1. The first-order chi connectivity index (χ1) is 7.04. The molecule has 6 heteroatoms. The zero-order valence-electron chi connectivity index (χ0n) is 8.57. The molecule has 0 heterocycles. The fraction of sp³-hybridized carbons (Fsp3) is 0.300. The van der Waals surface area contributed by atoms with Crippen LogP contribution < -0.4 is 5.73 Å². The van der Waals surface area contributed by atoms with E-state index in [4.69, 9.17) is 17.3 Å². The maximum absolute atomic E-state index is 11.0. The predicted octanol–water partition coefficient (Wildman–Crippen LogP) is 3.09. The Kier molecular flexibility index (Phi) is 6.99. The monoisotopic (exact) mass is 327 g/mol. The van der Waals surface area contributed by atoms with Crippen LogP contribution in [0.25, 0.3) is 0 Å². The topological polar surface area (TPSA) is 52.3 Å². The van der Waals surface area contributed by atoms with Gasteiger partial charge in [0, 0.05) is 15.5 Å². The molecule has 0 spiro atoms. The zero-order chi connectivity index (χ0) is 11.4. The van der Waals surface area contributed by atoms with Gasteiger partial charge in [-0.25, -0.2) is 0 Å². The van der Waals surface area contributed by atoms with Crippen LogP contribution in [0.1, 0.15) is 18.0 Å². The fourth-order valence-corrected chi connectivity index (χ4v) is 1.81. The molecule has 0 aromatic heterocycles. The van der Waals surface area contributed by atoms with Crippen LogP contribution in [0.2, 0.25) is 5.02 Å². The van der Waals surface area contributed by atoms with Gasteiger partial charge < -0.3 is 10.5 Å². The van der Waals surface area contributed by atoms with Crippen LogP contribution in [0, 0.1) is 0 Å². The molecule has 0 unspecified atom stereocenters. The first-order valence-corrected chi connectivity index (χ1v) is 5.49. The minimum atomic E-state index is -0.442. The molecule has 0 aliphatic carbocycles. The van der Waals surface area contributed by atoms with E-state index in [2.05, 4.69) is 20.7 Å². The standard InChI is InChI=1S/C10H11BrClNO2.ClH/c1-15-10(14)5-9(13)7-4-6(11)2-3-8(7)12;/h2-4,9H,5,13H2,1H3;1H/t9-;/m1./s1. The Balaban J connectivity index is 0.00000225. The number of carbonyl (C=O) groups excluding carboxylic acids is 1. The first kappa shape index (κ1) is 15.7. The summed E-state index contributed by atoms with van der Waals surface area (Å²) in [5.74, 6) is -0.349. The average molecular weight is 329 g/mol. The summed E-state index contributed by atoms with van der Waals surface area (Å²) >= 11 is 9.28. The van der Waals surface area contributed by atoms with Crippen LogP contribution in [0.4, 0.5) is 0 Å². The second-order valence-corrected chi connectivity index (χ2v) is 4.38. The number of methoxy groups -OCH3 is 1. The number of hydrogen-bond donors (Lipinski definition) is 1. The van der Waals surface area contributed by atoms with Gasteiger partial charge in [-0.05, 0) is 23.8 Å². The summed E-state index contributed by atoms with van der Waals surface area (Å²) in [6.07, 6.45) is 0.118. The molecular formula is C10H12BrCl2NO2. The lowest BCUT2D eigenvalue weighted by Crippen LogP contribution is -2.16. The highest BCUT2D eigenvalue weighted by atomic mass is 79.9. The lowest BCUT2D eigenvalue weighted by atomic mass is 10.1. The van der Waals surface area contributed by atoms with E-state index < -0.39 is 6.04 Å². The third kappa shape index (κ3) is 4.29. The number of ether oxygens (including phenoxy) is 1. The van der Waals surface area contributed by atoms with Gasteiger partial charge >= 0.3 is 5.97 Å². The van der Waals surface area contributed by atoms with Crippen LogP contribution in [0.3, 0.4) is 0 Å². The van der Waals surface area contributed by atoms with Crippen molar-refractivity contribution in [1.82, 2.24) is 0 Å². The second kappa shape index (κ2) is 7.12. The van der Waals surface area contributed by atoms with Gasteiger partial charge in [0.2, 0.25) is 0 Å². The van der Waals surface area contributed by atoms with Crippen molar-refractivity contribution in [3.05, 3.63) is 33.3 Å². The highest BCUT2D eigenvalue weighted by Gasteiger charge is 2.14. The van der Waals surface area contributed by atoms with Crippen LogP contribution in [-0.4, -0.2) is 13.1 Å². The Morgan fingerprint density at radius 1 is 1.62 bits per heavy atom. The molecule has 2 N–H and O–H groups in total. The van der Waals surface area contributed by atoms with Crippen molar-refractivity contribution in [2.45, 2.75) is 12.5 Å². The van der Waals surface area contributed by atoms with E-state index in [1.807, 2.05) is 6.07 Å². The summed E-state index contributed by atoms with van der Waals surface area (Å²) in [4.78, 5) is 11.0. The van der Waals surface area contributed by atoms with Gasteiger partial charge in [0.05, 0.1) is 13.5 Å². The van der Waals surface area contributed by atoms with E-state index in [0.717, 1.165) is 10.0 Å². The quantitative estimate of drug-likeness (QED) is 0.867. The molecule has 0 saturated heterocycles. The smallest absolute Gasteiger partial charge is 0.307 e. The zero-order valence-corrected chi connectivity index (χ0v) is 11.7. The van der Waals surface area contributed by atoms with Crippen LogP contribution in [0.15, 0.2) is 22.7 Å². The highest BCUT2D eigenvalue weighted by Crippen LogP contribution is 2.27. The molecule has 1 aromatic rings. The van der Waals surface area contributed by atoms with Crippen molar-refractivity contribution in [3.8, 4) is 0 Å². The van der Waals surface area contributed by atoms with Gasteiger partial charge in [-0.15, -0.1) is 12.4 Å². The maximum atomic E-state index is 11.0. The summed E-state index contributed by atoms with van der Waals surface area (Å²) in [6.45, 7) is 0. The van der Waals surface area contributed by atoms with Crippen LogP contribution in [-0.2, 0) is 9.53 Å². The molecule has 16 heavy (non-hydrogen) atoms. The van der Waals surface area contributed by atoms with E-state index in [1.54, 1.807) is 12.1 Å². The molecule has 0 amide bonds. The fourth-order valence-electron chi connectivity index (χ4n) is 1.17. The number of rotatable bonds is 3. The minimum absolute atomic E-state index is 0. The molecule has 0 bridgehead atoms. The Morgan fingerprint density at radius 3 is 2.81 bits per heavy atom. The largest absolute Gasteiger partial charge is 0.469 e. The number of carbonyl (C=O) groups is 1. The number of esters is 1. The normalized spacial score (nSPS) is 11.5. The SMILES string of the molecule is COC(=O)C[C@@H](N)c1cc(Br)ccc1Cl.Cl. The summed E-state index contributed by atoms with van der Waals surface area (Å²) in [5.41, 5.74) is 6.57. The summed E-state index contributed by atoms with van der Waals surface area (Å²) < 4.78 is 5.42. The molecule has 90 valence electrons. The van der Waals surface area contributed by atoms with E-state index in [0.29, 0.717) is 5.02 Å². The molecule has 3 nitrogen and oxygen atoms in total.